The van der Waals surface area contributed by atoms with E-state index in [1.54, 1.807) is 18.3 Å². The number of hydrogen-bond acceptors (Lipinski definition) is 2. The lowest BCUT2D eigenvalue weighted by Gasteiger charge is -2.34. The molecule has 1 aromatic carbocycles. The van der Waals surface area contributed by atoms with Crippen molar-refractivity contribution < 1.29 is 18.0 Å². The number of benzene rings is 1. The van der Waals surface area contributed by atoms with Gasteiger partial charge in [-0.15, -0.1) is 0 Å². The molecule has 1 unspecified atom stereocenters. The van der Waals surface area contributed by atoms with E-state index in [0.29, 0.717) is 17.7 Å². The summed E-state index contributed by atoms with van der Waals surface area (Å²) < 4.78 is 38.5. The number of rotatable bonds is 1. The summed E-state index contributed by atoms with van der Waals surface area (Å²) in [5.41, 5.74) is 0.533. The van der Waals surface area contributed by atoms with E-state index in [2.05, 4.69) is 4.98 Å². The number of fused-ring (bicyclic) bond motifs is 1. The fourth-order valence-corrected chi connectivity index (χ4v) is 2.74. The first-order valence-corrected chi connectivity index (χ1v) is 6.81. The van der Waals surface area contributed by atoms with Crippen LogP contribution in [0.5, 0.6) is 0 Å². The molecule has 0 fully saturated rings. The quantitative estimate of drug-likeness (QED) is 0.805. The molecule has 1 aliphatic rings. The summed E-state index contributed by atoms with van der Waals surface area (Å²) in [7, 11) is 0. The van der Waals surface area contributed by atoms with Crippen molar-refractivity contribution in [3.63, 3.8) is 0 Å². The second-order valence-electron chi connectivity index (χ2n) is 5.31. The molecule has 1 aliphatic heterocycles. The SMILES string of the molecule is CC1Cc2ccc(C(F)(F)F)cc2C(=O)N1c1cccnc1. The van der Waals surface area contributed by atoms with Crippen LogP contribution in [-0.2, 0) is 12.6 Å². The molecule has 1 atom stereocenters. The first-order valence-electron chi connectivity index (χ1n) is 6.81. The molecular formula is C16H13F3N2O. The highest BCUT2D eigenvalue weighted by atomic mass is 19.4. The fourth-order valence-electron chi connectivity index (χ4n) is 2.74. The largest absolute Gasteiger partial charge is 0.416 e. The third-order valence-electron chi connectivity index (χ3n) is 3.77. The number of aromatic nitrogens is 1. The second-order valence-corrected chi connectivity index (χ2v) is 5.31. The summed E-state index contributed by atoms with van der Waals surface area (Å²) in [5.74, 6) is -0.423. The van der Waals surface area contributed by atoms with Gasteiger partial charge in [-0.1, -0.05) is 6.07 Å². The molecule has 0 spiro atoms. The molecule has 1 amide bonds. The Morgan fingerprint density at radius 1 is 1.27 bits per heavy atom. The van der Waals surface area contributed by atoms with Crippen LogP contribution in [0.3, 0.4) is 0 Å². The molecule has 0 saturated carbocycles. The molecule has 114 valence electrons. The Balaban J connectivity index is 2.06. The zero-order chi connectivity index (χ0) is 15.9. The molecule has 1 aromatic heterocycles. The van der Waals surface area contributed by atoms with E-state index in [1.807, 2.05) is 6.92 Å². The highest BCUT2D eigenvalue weighted by Crippen LogP contribution is 2.34. The number of nitrogens with zero attached hydrogens (tertiary/aromatic N) is 2. The van der Waals surface area contributed by atoms with Gasteiger partial charge in [-0.25, -0.2) is 0 Å². The Labute approximate surface area is 125 Å². The standard InChI is InChI=1S/C16H13F3N2O/c1-10-7-11-4-5-12(16(17,18)19)8-14(11)15(22)21(10)13-3-2-6-20-9-13/h2-6,8-10H,7H2,1H3. The Bertz CT molecular complexity index is 713. The highest BCUT2D eigenvalue weighted by Gasteiger charge is 2.35. The maximum Gasteiger partial charge on any atom is 0.416 e. The lowest BCUT2D eigenvalue weighted by molar-refractivity contribution is -0.137. The van der Waals surface area contributed by atoms with Gasteiger partial charge in [-0.3, -0.25) is 9.78 Å². The van der Waals surface area contributed by atoms with Crippen molar-refractivity contribution in [1.82, 2.24) is 4.98 Å². The van der Waals surface area contributed by atoms with Crippen LogP contribution in [-0.4, -0.2) is 16.9 Å². The maximum absolute atomic E-state index is 12.8. The zero-order valence-electron chi connectivity index (χ0n) is 11.8. The molecule has 6 heteroatoms. The summed E-state index contributed by atoms with van der Waals surface area (Å²) >= 11 is 0. The summed E-state index contributed by atoms with van der Waals surface area (Å²) in [6.45, 7) is 1.87. The number of hydrogen-bond donors (Lipinski definition) is 0. The fraction of sp³-hybridized carbons (Fsp3) is 0.250. The molecule has 0 bridgehead atoms. The molecule has 2 aromatic rings. The van der Waals surface area contributed by atoms with Gasteiger partial charge in [0.15, 0.2) is 0 Å². The predicted octanol–water partition coefficient (Wildman–Crippen LogP) is 3.69. The number of pyridine rings is 1. The maximum atomic E-state index is 12.8. The van der Waals surface area contributed by atoms with Gasteiger partial charge >= 0.3 is 6.18 Å². The Morgan fingerprint density at radius 3 is 2.68 bits per heavy atom. The van der Waals surface area contributed by atoms with Crippen molar-refractivity contribution in [2.75, 3.05) is 4.90 Å². The van der Waals surface area contributed by atoms with E-state index < -0.39 is 17.6 Å². The van der Waals surface area contributed by atoms with Crippen LogP contribution in [0.2, 0.25) is 0 Å². The van der Waals surface area contributed by atoms with Crippen molar-refractivity contribution >= 4 is 11.6 Å². The molecule has 0 radical (unpaired) electrons. The monoisotopic (exact) mass is 306 g/mol. The zero-order valence-corrected chi connectivity index (χ0v) is 11.8. The van der Waals surface area contributed by atoms with Gasteiger partial charge in [0.25, 0.3) is 5.91 Å². The molecule has 3 rings (SSSR count). The number of carbonyl (C=O) groups is 1. The summed E-state index contributed by atoms with van der Waals surface area (Å²) in [6.07, 6.45) is -0.836. The molecule has 0 N–H and O–H groups in total. The average Bonchev–Trinajstić information content (AvgIpc) is 2.47. The van der Waals surface area contributed by atoms with E-state index in [9.17, 15) is 18.0 Å². The molecule has 0 saturated heterocycles. The minimum absolute atomic E-state index is 0.108. The van der Waals surface area contributed by atoms with E-state index in [4.69, 9.17) is 0 Å². The van der Waals surface area contributed by atoms with Gasteiger partial charge in [0.2, 0.25) is 0 Å². The van der Waals surface area contributed by atoms with Gasteiger partial charge in [-0.2, -0.15) is 13.2 Å². The van der Waals surface area contributed by atoms with Crippen LogP contribution in [0.4, 0.5) is 18.9 Å². The van der Waals surface area contributed by atoms with Crippen molar-refractivity contribution in [3.8, 4) is 0 Å². The van der Waals surface area contributed by atoms with Crippen molar-refractivity contribution in [3.05, 3.63) is 59.4 Å². The van der Waals surface area contributed by atoms with Gasteiger partial charge in [-0.05, 0) is 43.2 Å². The number of halogens is 3. The van der Waals surface area contributed by atoms with Crippen LogP contribution >= 0.6 is 0 Å². The third kappa shape index (κ3) is 2.45. The van der Waals surface area contributed by atoms with Crippen LogP contribution in [0.25, 0.3) is 0 Å². The first kappa shape index (κ1) is 14.6. The number of carbonyl (C=O) groups excluding carboxylic acids is 1. The van der Waals surface area contributed by atoms with Gasteiger partial charge in [0.05, 0.1) is 17.4 Å². The van der Waals surface area contributed by atoms with Crippen LogP contribution in [0.1, 0.15) is 28.4 Å². The van der Waals surface area contributed by atoms with E-state index in [-0.39, 0.29) is 11.6 Å². The van der Waals surface area contributed by atoms with Crippen molar-refractivity contribution in [2.45, 2.75) is 25.6 Å². The average molecular weight is 306 g/mol. The molecule has 22 heavy (non-hydrogen) atoms. The highest BCUT2D eigenvalue weighted by molar-refractivity contribution is 6.08. The van der Waals surface area contributed by atoms with E-state index in [1.165, 1.54) is 17.2 Å². The first-order chi connectivity index (χ1) is 10.4. The smallest absolute Gasteiger partial charge is 0.304 e. The van der Waals surface area contributed by atoms with Crippen molar-refractivity contribution in [1.29, 1.82) is 0 Å². The van der Waals surface area contributed by atoms with E-state index >= 15 is 0 Å². The minimum Gasteiger partial charge on any atom is -0.304 e. The van der Waals surface area contributed by atoms with Gasteiger partial charge in [0.1, 0.15) is 0 Å². The van der Waals surface area contributed by atoms with Crippen LogP contribution in [0.15, 0.2) is 42.7 Å². The topological polar surface area (TPSA) is 33.2 Å². The summed E-state index contributed by atoms with van der Waals surface area (Å²) in [6, 6.07) is 6.64. The molecular weight excluding hydrogens is 293 g/mol. The summed E-state index contributed by atoms with van der Waals surface area (Å²) in [5, 5.41) is 0. The normalized spacial score (nSPS) is 18.3. The second kappa shape index (κ2) is 5.12. The number of alkyl halides is 3. The van der Waals surface area contributed by atoms with Gasteiger partial charge in [0, 0.05) is 17.8 Å². The molecule has 0 aliphatic carbocycles. The van der Waals surface area contributed by atoms with Crippen LogP contribution < -0.4 is 4.90 Å². The molecule has 2 heterocycles. The number of amides is 1. The Kier molecular flexibility index (Phi) is 3.39. The minimum atomic E-state index is -4.46. The predicted molar refractivity (Wildman–Crippen MR) is 75.7 cm³/mol. The Hall–Kier alpha value is -2.37. The van der Waals surface area contributed by atoms with Crippen molar-refractivity contribution in [2.24, 2.45) is 0 Å². The lowest BCUT2D eigenvalue weighted by Crippen LogP contribution is -2.44. The lowest BCUT2D eigenvalue weighted by atomic mass is 9.92. The number of anilines is 1. The van der Waals surface area contributed by atoms with Gasteiger partial charge < -0.3 is 4.90 Å². The summed E-state index contributed by atoms with van der Waals surface area (Å²) in [4.78, 5) is 18.1. The third-order valence-corrected chi connectivity index (χ3v) is 3.77. The van der Waals surface area contributed by atoms with E-state index in [0.717, 1.165) is 12.1 Å². The van der Waals surface area contributed by atoms with Crippen LogP contribution in [0, 0.1) is 0 Å². The molecule has 3 nitrogen and oxygen atoms in total. The Morgan fingerprint density at radius 2 is 2.05 bits per heavy atom.